The number of carbonyl (C=O) groups excluding carboxylic acids is 1. The third-order valence-corrected chi connectivity index (χ3v) is 7.74. The highest BCUT2D eigenvalue weighted by molar-refractivity contribution is 7.89. The molecule has 2 aliphatic heterocycles. The maximum Gasteiger partial charge on any atom is 0.253 e. The van der Waals surface area contributed by atoms with Gasteiger partial charge in [0.2, 0.25) is 10.0 Å². The lowest BCUT2D eigenvalue weighted by Crippen LogP contribution is -2.47. The Labute approximate surface area is 163 Å². The highest BCUT2D eigenvalue weighted by Crippen LogP contribution is 2.30. The van der Waals surface area contributed by atoms with Gasteiger partial charge in [-0.15, -0.1) is 0 Å². The van der Waals surface area contributed by atoms with Crippen molar-refractivity contribution in [1.82, 2.24) is 14.1 Å². The Morgan fingerprint density at radius 3 is 2.37 bits per heavy atom. The van der Waals surface area contributed by atoms with Crippen molar-refractivity contribution in [2.24, 2.45) is 5.41 Å². The summed E-state index contributed by atoms with van der Waals surface area (Å²) in [6, 6.07) is 5.08. The molecule has 0 aliphatic carbocycles. The first-order chi connectivity index (χ1) is 12.6. The Morgan fingerprint density at radius 1 is 1.07 bits per heavy atom. The van der Waals surface area contributed by atoms with Crippen LogP contribution in [-0.2, 0) is 10.0 Å². The highest BCUT2D eigenvalue weighted by atomic mass is 32.2. The van der Waals surface area contributed by atoms with Gasteiger partial charge in [0, 0.05) is 44.8 Å². The number of sulfonamides is 1. The number of carbonyl (C=O) groups is 1. The quantitative estimate of drug-likeness (QED) is 0.790. The van der Waals surface area contributed by atoms with Gasteiger partial charge in [0.1, 0.15) is 0 Å². The number of nitrogens with zero attached hydrogens (tertiary/aromatic N) is 3. The number of likely N-dealkylation sites (N-methyl/N-ethyl adjacent to an activating group) is 1. The average Bonchev–Trinajstić information content (AvgIpc) is 2.61. The highest BCUT2D eigenvalue weighted by Gasteiger charge is 2.32. The minimum atomic E-state index is -3.59. The molecule has 1 aromatic carbocycles. The molecule has 3 rings (SSSR count). The third-order valence-electron chi connectivity index (χ3n) is 5.70. The van der Waals surface area contributed by atoms with Crippen molar-refractivity contribution in [3.05, 3.63) is 29.3 Å². The molecule has 2 saturated heterocycles. The van der Waals surface area contributed by atoms with E-state index in [4.69, 9.17) is 0 Å². The number of amides is 1. The molecule has 7 heteroatoms. The Kier molecular flexibility index (Phi) is 5.66. The molecule has 0 unspecified atom stereocenters. The van der Waals surface area contributed by atoms with E-state index in [1.54, 1.807) is 25.1 Å². The summed E-state index contributed by atoms with van der Waals surface area (Å²) in [4.78, 5) is 17.3. The van der Waals surface area contributed by atoms with E-state index < -0.39 is 10.0 Å². The van der Waals surface area contributed by atoms with Crippen LogP contribution >= 0.6 is 0 Å². The molecule has 27 heavy (non-hydrogen) atoms. The van der Waals surface area contributed by atoms with E-state index in [0.29, 0.717) is 30.8 Å². The Hall–Kier alpha value is -1.44. The van der Waals surface area contributed by atoms with Gasteiger partial charge in [-0.3, -0.25) is 4.79 Å². The van der Waals surface area contributed by atoms with Gasteiger partial charge in [0.15, 0.2) is 0 Å². The minimum Gasteiger partial charge on any atom is -0.338 e. The molecule has 0 N–H and O–H groups in total. The zero-order valence-electron chi connectivity index (χ0n) is 16.9. The van der Waals surface area contributed by atoms with Crippen LogP contribution in [0.5, 0.6) is 0 Å². The first-order valence-corrected chi connectivity index (χ1v) is 11.1. The number of piperidine rings is 1. The molecule has 2 fully saturated rings. The Bertz CT molecular complexity index is 812. The summed E-state index contributed by atoms with van der Waals surface area (Å²) in [7, 11) is -1.60. The van der Waals surface area contributed by atoms with Crippen molar-refractivity contribution in [1.29, 1.82) is 0 Å². The van der Waals surface area contributed by atoms with Crippen LogP contribution in [0.15, 0.2) is 23.1 Å². The van der Waals surface area contributed by atoms with E-state index in [2.05, 4.69) is 18.7 Å². The number of piperazine rings is 1. The van der Waals surface area contributed by atoms with Crippen LogP contribution in [0.25, 0.3) is 0 Å². The molecule has 2 heterocycles. The van der Waals surface area contributed by atoms with Crippen LogP contribution in [0.1, 0.15) is 42.6 Å². The molecule has 1 aromatic rings. The minimum absolute atomic E-state index is 0.0717. The van der Waals surface area contributed by atoms with Crippen LogP contribution < -0.4 is 0 Å². The second-order valence-electron chi connectivity index (χ2n) is 8.68. The molecule has 0 saturated carbocycles. The van der Waals surface area contributed by atoms with Crippen molar-refractivity contribution in [2.75, 3.05) is 46.3 Å². The number of rotatable bonds is 3. The number of benzene rings is 1. The van der Waals surface area contributed by atoms with Crippen LogP contribution in [0, 0.1) is 12.3 Å². The van der Waals surface area contributed by atoms with Gasteiger partial charge in [-0.1, -0.05) is 19.9 Å². The van der Waals surface area contributed by atoms with Gasteiger partial charge >= 0.3 is 0 Å². The summed E-state index contributed by atoms with van der Waals surface area (Å²) in [6.07, 6.45) is 2.09. The van der Waals surface area contributed by atoms with Crippen LogP contribution in [0.4, 0.5) is 0 Å². The lowest BCUT2D eigenvalue weighted by Gasteiger charge is -2.38. The predicted molar refractivity (Wildman–Crippen MR) is 106 cm³/mol. The standard InChI is InChI=1S/C20H31N3O3S/c1-16-6-7-17(19(24)22-9-5-8-20(2,3)15-22)14-18(16)27(25,26)23-12-10-21(4)11-13-23/h6-7,14H,5,8-13,15H2,1-4H3. The number of aryl methyl sites for hydroxylation is 1. The molecule has 0 radical (unpaired) electrons. The lowest BCUT2D eigenvalue weighted by molar-refractivity contribution is 0.0583. The smallest absolute Gasteiger partial charge is 0.253 e. The van der Waals surface area contributed by atoms with Crippen molar-refractivity contribution >= 4 is 15.9 Å². The molecule has 1 amide bonds. The van der Waals surface area contributed by atoms with Gasteiger partial charge in [-0.2, -0.15) is 4.31 Å². The topological polar surface area (TPSA) is 60.9 Å². The zero-order chi connectivity index (χ0) is 19.8. The summed E-state index contributed by atoms with van der Waals surface area (Å²) >= 11 is 0. The molecular formula is C20H31N3O3S. The van der Waals surface area contributed by atoms with E-state index >= 15 is 0 Å². The number of hydrogen-bond acceptors (Lipinski definition) is 4. The summed E-state index contributed by atoms with van der Waals surface area (Å²) in [5.74, 6) is -0.0717. The molecular weight excluding hydrogens is 362 g/mol. The molecule has 150 valence electrons. The summed E-state index contributed by atoms with van der Waals surface area (Å²) in [5, 5.41) is 0. The largest absolute Gasteiger partial charge is 0.338 e. The Morgan fingerprint density at radius 2 is 1.74 bits per heavy atom. The zero-order valence-corrected chi connectivity index (χ0v) is 17.7. The fourth-order valence-corrected chi connectivity index (χ4v) is 5.63. The number of hydrogen-bond donors (Lipinski definition) is 0. The normalized spacial score (nSPS) is 22.0. The van der Waals surface area contributed by atoms with Crippen molar-refractivity contribution in [3.8, 4) is 0 Å². The van der Waals surface area contributed by atoms with E-state index in [-0.39, 0.29) is 16.2 Å². The lowest BCUT2D eigenvalue weighted by atomic mass is 9.84. The molecule has 2 aliphatic rings. The molecule has 0 bridgehead atoms. The second kappa shape index (κ2) is 7.53. The monoisotopic (exact) mass is 393 g/mol. The predicted octanol–water partition coefficient (Wildman–Crippen LogP) is 2.19. The molecule has 0 atom stereocenters. The SMILES string of the molecule is Cc1ccc(C(=O)N2CCCC(C)(C)C2)cc1S(=O)(=O)N1CCN(C)CC1. The van der Waals surface area contributed by atoms with Gasteiger partial charge in [0.05, 0.1) is 4.90 Å². The van der Waals surface area contributed by atoms with E-state index in [1.807, 2.05) is 11.9 Å². The molecule has 6 nitrogen and oxygen atoms in total. The fourth-order valence-electron chi connectivity index (χ4n) is 3.96. The van der Waals surface area contributed by atoms with E-state index in [9.17, 15) is 13.2 Å². The maximum absolute atomic E-state index is 13.2. The van der Waals surface area contributed by atoms with Crippen molar-refractivity contribution in [2.45, 2.75) is 38.5 Å². The van der Waals surface area contributed by atoms with Gasteiger partial charge in [-0.25, -0.2) is 8.42 Å². The summed E-state index contributed by atoms with van der Waals surface area (Å²) in [6.45, 7) is 9.99. The maximum atomic E-state index is 13.2. The molecule has 0 spiro atoms. The third kappa shape index (κ3) is 4.36. The van der Waals surface area contributed by atoms with Crippen LogP contribution in [-0.4, -0.2) is 74.7 Å². The average molecular weight is 394 g/mol. The van der Waals surface area contributed by atoms with E-state index in [1.165, 1.54) is 4.31 Å². The first kappa shape index (κ1) is 20.3. The van der Waals surface area contributed by atoms with Crippen molar-refractivity contribution in [3.63, 3.8) is 0 Å². The Balaban J connectivity index is 1.87. The van der Waals surface area contributed by atoms with Crippen LogP contribution in [0.3, 0.4) is 0 Å². The van der Waals surface area contributed by atoms with Crippen LogP contribution in [0.2, 0.25) is 0 Å². The fraction of sp³-hybridized carbons (Fsp3) is 0.650. The molecule has 0 aromatic heterocycles. The van der Waals surface area contributed by atoms with Gasteiger partial charge < -0.3 is 9.80 Å². The first-order valence-electron chi connectivity index (χ1n) is 9.69. The van der Waals surface area contributed by atoms with E-state index in [0.717, 1.165) is 32.5 Å². The second-order valence-corrected chi connectivity index (χ2v) is 10.6. The van der Waals surface area contributed by atoms with Gasteiger partial charge in [-0.05, 0) is 49.9 Å². The number of likely N-dealkylation sites (tertiary alicyclic amines) is 1. The summed E-state index contributed by atoms with van der Waals surface area (Å²) < 4.78 is 27.8. The van der Waals surface area contributed by atoms with Gasteiger partial charge in [0.25, 0.3) is 5.91 Å². The summed E-state index contributed by atoms with van der Waals surface area (Å²) in [5.41, 5.74) is 1.25. The van der Waals surface area contributed by atoms with Crippen molar-refractivity contribution < 1.29 is 13.2 Å².